The van der Waals surface area contributed by atoms with E-state index in [1.54, 1.807) is 11.8 Å². The number of nitrogens with one attached hydrogen (secondary N) is 1. The molecule has 0 unspecified atom stereocenters. The van der Waals surface area contributed by atoms with Gasteiger partial charge >= 0.3 is 0 Å². The van der Waals surface area contributed by atoms with Gasteiger partial charge in [-0.3, -0.25) is 9.59 Å². The zero-order chi connectivity index (χ0) is 23.0. The van der Waals surface area contributed by atoms with Crippen LogP contribution in [0.25, 0.3) is 0 Å². The van der Waals surface area contributed by atoms with Gasteiger partial charge in [0.1, 0.15) is 11.8 Å². The van der Waals surface area contributed by atoms with Crippen molar-refractivity contribution < 1.29 is 14.3 Å². The average molecular weight is 489 g/mol. The summed E-state index contributed by atoms with van der Waals surface area (Å²) >= 11 is 3.54. The smallest absolute Gasteiger partial charge is 0.261 e. The van der Waals surface area contributed by atoms with Crippen molar-refractivity contribution in [3.8, 4) is 5.75 Å². The molecule has 0 heterocycles. The molecule has 0 aromatic heterocycles. The van der Waals surface area contributed by atoms with Gasteiger partial charge in [0.15, 0.2) is 6.61 Å². The standard InChI is InChI=1S/C25H33BrN2O3/c1-6-7-11-27-25(30)20(5)28(15-21-10-8-9-17(2)12-21)23(29)16-31-22-13-18(3)24(26)19(4)14-22/h8-10,12-14,20H,6-7,11,15-16H2,1-5H3,(H,27,30)/t20-/m1/s1. The third-order valence-electron chi connectivity index (χ3n) is 5.20. The van der Waals surface area contributed by atoms with E-state index in [-0.39, 0.29) is 18.4 Å². The summed E-state index contributed by atoms with van der Waals surface area (Å²) in [6.07, 6.45) is 1.91. The number of hydrogen-bond donors (Lipinski definition) is 1. The maximum absolute atomic E-state index is 13.1. The molecule has 0 aliphatic carbocycles. The van der Waals surface area contributed by atoms with Gasteiger partial charge in [-0.25, -0.2) is 0 Å². The van der Waals surface area contributed by atoms with Crippen molar-refractivity contribution >= 4 is 27.7 Å². The fourth-order valence-corrected chi connectivity index (χ4v) is 3.57. The van der Waals surface area contributed by atoms with Gasteiger partial charge < -0.3 is 15.0 Å². The van der Waals surface area contributed by atoms with E-state index in [0.29, 0.717) is 18.8 Å². The second-order valence-corrected chi connectivity index (χ2v) is 8.78. The minimum atomic E-state index is -0.596. The molecule has 0 saturated carbocycles. The molecular weight excluding hydrogens is 456 g/mol. The minimum Gasteiger partial charge on any atom is -0.484 e. The number of carbonyl (C=O) groups excluding carboxylic acids is 2. The van der Waals surface area contributed by atoms with Crippen LogP contribution in [0.4, 0.5) is 0 Å². The molecule has 0 aliphatic rings. The fraction of sp³-hybridized carbons (Fsp3) is 0.440. The predicted octanol–water partition coefficient (Wildman–Crippen LogP) is 5.09. The molecule has 0 bridgehead atoms. The number of unbranched alkanes of at least 4 members (excludes halogenated alkanes) is 1. The Labute approximate surface area is 194 Å². The van der Waals surface area contributed by atoms with Crippen molar-refractivity contribution in [3.05, 3.63) is 63.1 Å². The number of amides is 2. The molecular formula is C25H33BrN2O3. The molecule has 0 fully saturated rings. The number of aryl methyl sites for hydroxylation is 3. The number of hydrogen-bond acceptors (Lipinski definition) is 3. The maximum atomic E-state index is 13.1. The van der Waals surface area contributed by atoms with Crippen LogP contribution < -0.4 is 10.1 Å². The van der Waals surface area contributed by atoms with Gasteiger partial charge in [0.2, 0.25) is 5.91 Å². The van der Waals surface area contributed by atoms with Gasteiger partial charge in [0.05, 0.1) is 0 Å². The van der Waals surface area contributed by atoms with Gasteiger partial charge in [-0.2, -0.15) is 0 Å². The monoisotopic (exact) mass is 488 g/mol. The van der Waals surface area contributed by atoms with E-state index < -0.39 is 6.04 Å². The van der Waals surface area contributed by atoms with Gasteiger partial charge in [0, 0.05) is 17.6 Å². The Hall–Kier alpha value is -2.34. The van der Waals surface area contributed by atoms with E-state index in [0.717, 1.165) is 39.6 Å². The van der Waals surface area contributed by atoms with E-state index in [1.165, 1.54) is 0 Å². The van der Waals surface area contributed by atoms with Crippen LogP contribution in [-0.2, 0) is 16.1 Å². The summed E-state index contributed by atoms with van der Waals surface area (Å²) < 4.78 is 6.84. The Morgan fingerprint density at radius 2 is 1.81 bits per heavy atom. The number of ether oxygens (including phenoxy) is 1. The first-order valence-electron chi connectivity index (χ1n) is 10.7. The van der Waals surface area contributed by atoms with E-state index in [4.69, 9.17) is 4.74 Å². The molecule has 31 heavy (non-hydrogen) atoms. The minimum absolute atomic E-state index is 0.126. The molecule has 168 valence electrons. The molecule has 1 N–H and O–H groups in total. The summed E-state index contributed by atoms with van der Waals surface area (Å²) in [6, 6.07) is 11.2. The molecule has 0 aliphatic heterocycles. The Kier molecular flexibility index (Phi) is 9.56. The number of benzene rings is 2. The molecule has 1 atom stereocenters. The van der Waals surface area contributed by atoms with Crippen LogP contribution in [0, 0.1) is 20.8 Å². The first-order valence-corrected chi connectivity index (χ1v) is 11.5. The summed E-state index contributed by atoms with van der Waals surface area (Å²) in [5.74, 6) is 0.268. The van der Waals surface area contributed by atoms with Crippen LogP contribution in [0.15, 0.2) is 40.9 Å². The first kappa shape index (κ1) is 24.9. The molecule has 2 amide bonds. The third-order valence-corrected chi connectivity index (χ3v) is 6.46. The van der Waals surface area contributed by atoms with Gasteiger partial charge in [-0.15, -0.1) is 0 Å². The van der Waals surface area contributed by atoms with Crippen LogP contribution in [0.1, 0.15) is 48.9 Å². The number of rotatable bonds is 10. The highest BCUT2D eigenvalue weighted by atomic mass is 79.9. The second-order valence-electron chi connectivity index (χ2n) is 7.99. The summed E-state index contributed by atoms with van der Waals surface area (Å²) in [5.41, 5.74) is 4.18. The number of nitrogens with zero attached hydrogens (tertiary/aromatic N) is 1. The zero-order valence-electron chi connectivity index (χ0n) is 19.1. The van der Waals surface area contributed by atoms with Crippen LogP contribution in [-0.4, -0.2) is 35.9 Å². The van der Waals surface area contributed by atoms with E-state index in [1.807, 2.05) is 57.2 Å². The molecule has 2 aromatic carbocycles. The molecule has 6 heteroatoms. The molecule has 5 nitrogen and oxygen atoms in total. The highest BCUT2D eigenvalue weighted by Crippen LogP contribution is 2.26. The Bertz CT molecular complexity index is 890. The normalized spacial score (nSPS) is 11.7. The highest BCUT2D eigenvalue weighted by molar-refractivity contribution is 9.10. The van der Waals surface area contributed by atoms with Crippen LogP contribution in [0.5, 0.6) is 5.75 Å². The van der Waals surface area contributed by atoms with Crippen molar-refractivity contribution in [1.29, 1.82) is 0 Å². The molecule has 0 radical (unpaired) electrons. The lowest BCUT2D eigenvalue weighted by molar-refractivity contribution is -0.142. The second kappa shape index (κ2) is 11.9. The lowest BCUT2D eigenvalue weighted by Crippen LogP contribution is -2.49. The molecule has 2 aromatic rings. The van der Waals surface area contributed by atoms with E-state index >= 15 is 0 Å². The average Bonchev–Trinajstić information content (AvgIpc) is 2.73. The number of carbonyl (C=O) groups is 2. The van der Waals surface area contributed by atoms with Crippen molar-refractivity contribution in [2.75, 3.05) is 13.2 Å². The lowest BCUT2D eigenvalue weighted by Gasteiger charge is -2.29. The summed E-state index contributed by atoms with van der Waals surface area (Å²) in [4.78, 5) is 27.4. The first-order chi connectivity index (χ1) is 14.7. The third kappa shape index (κ3) is 7.39. The van der Waals surface area contributed by atoms with Gasteiger partial charge in [-0.05, 0) is 62.9 Å². The Balaban J connectivity index is 2.15. The molecule has 2 rings (SSSR count). The largest absolute Gasteiger partial charge is 0.484 e. The Morgan fingerprint density at radius 1 is 1.13 bits per heavy atom. The van der Waals surface area contributed by atoms with E-state index in [2.05, 4.69) is 28.2 Å². The van der Waals surface area contributed by atoms with Crippen LogP contribution in [0.2, 0.25) is 0 Å². The van der Waals surface area contributed by atoms with Crippen molar-refractivity contribution in [2.24, 2.45) is 0 Å². The summed E-state index contributed by atoms with van der Waals surface area (Å²) in [5, 5.41) is 2.93. The molecule has 0 saturated heterocycles. The van der Waals surface area contributed by atoms with Crippen molar-refractivity contribution in [2.45, 2.75) is 60.0 Å². The topological polar surface area (TPSA) is 58.6 Å². The molecule has 0 spiro atoms. The summed E-state index contributed by atoms with van der Waals surface area (Å²) in [6.45, 7) is 10.7. The highest BCUT2D eigenvalue weighted by Gasteiger charge is 2.26. The van der Waals surface area contributed by atoms with E-state index in [9.17, 15) is 9.59 Å². The summed E-state index contributed by atoms with van der Waals surface area (Å²) in [7, 11) is 0. The maximum Gasteiger partial charge on any atom is 0.261 e. The Morgan fingerprint density at radius 3 is 2.42 bits per heavy atom. The lowest BCUT2D eigenvalue weighted by atomic mass is 10.1. The quantitative estimate of drug-likeness (QED) is 0.474. The van der Waals surface area contributed by atoms with Gasteiger partial charge in [-0.1, -0.05) is 59.1 Å². The van der Waals surface area contributed by atoms with Crippen molar-refractivity contribution in [3.63, 3.8) is 0 Å². The predicted molar refractivity (Wildman–Crippen MR) is 128 cm³/mol. The van der Waals surface area contributed by atoms with Crippen LogP contribution >= 0.6 is 15.9 Å². The zero-order valence-corrected chi connectivity index (χ0v) is 20.7. The van der Waals surface area contributed by atoms with Gasteiger partial charge in [0.25, 0.3) is 5.91 Å². The number of halogens is 1. The SMILES string of the molecule is CCCCNC(=O)[C@@H](C)N(Cc1cccc(C)c1)C(=O)COc1cc(C)c(Br)c(C)c1. The van der Waals surface area contributed by atoms with Crippen molar-refractivity contribution in [1.82, 2.24) is 10.2 Å². The van der Waals surface area contributed by atoms with Crippen LogP contribution in [0.3, 0.4) is 0 Å². The fourth-order valence-electron chi connectivity index (χ4n) is 3.34.